The minimum Gasteiger partial charge on any atom is -0.364 e. The fourth-order valence-corrected chi connectivity index (χ4v) is 3.96. The first-order valence-corrected chi connectivity index (χ1v) is 6.91. The van der Waals surface area contributed by atoms with E-state index in [9.17, 15) is 29.2 Å². The second kappa shape index (κ2) is 3.52. The molecular weight excluding hydrogens is 272 g/mol. The molecule has 2 saturated carbocycles. The summed E-state index contributed by atoms with van der Waals surface area (Å²) in [5.74, 6) is -8.24. The van der Waals surface area contributed by atoms with Crippen LogP contribution in [0, 0.1) is 11.3 Å². The fourth-order valence-electron chi connectivity index (χ4n) is 3.96. The molecule has 0 aromatic carbocycles. The van der Waals surface area contributed by atoms with Crippen molar-refractivity contribution in [1.29, 1.82) is 0 Å². The summed E-state index contributed by atoms with van der Waals surface area (Å²) in [5.41, 5.74) is -2.00. The summed E-state index contributed by atoms with van der Waals surface area (Å²) >= 11 is 0. The Morgan fingerprint density at radius 3 is 2.10 bits per heavy atom. The van der Waals surface area contributed by atoms with Crippen LogP contribution >= 0.6 is 0 Å². The molecule has 1 saturated heterocycles. The molecule has 1 heterocycles. The molecule has 116 valence electrons. The average Bonchev–Trinajstić information content (AvgIpc) is 3.09. The number of alkyl halides is 2. The molecule has 0 radical (unpaired) electrons. The molecule has 3 rings (SSSR count). The lowest BCUT2D eigenvalue weighted by molar-refractivity contribution is -0.309. The van der Waals surface area contributed by atoms with Crippen LogP contribution in [-0.4, -0.2) is 55.0 Å². The first-order chi connectivity index (χ1) is 8.86. The molecule has 1 aliphatic heterocycles. The van der Waals surface area contributed by atoms with E-state index < -0.39 is 34.5 Å². The standard InChI is InChI=1S/C13H21F2NO4/c1-9(10(2,17)18)11(3-4-11)7-13(19,20)16(9)6-8-5-12(8,14)15/h8,17-20H,3-7H2,1-2H3/t8?,9-/m0/s1. The van der Waals surface area contributed by atoms with E-state index in [1.807, 2.05) is 0 Å². The zero-order chi connectivity index (χ0) is 15.2. The number of nitrogens with zero attached hydrogens (tertiary/aromatic N) is 1. The molecule has 1 spiro atoms. The number of halogens is 2. The normalized spacial score (nSPS) is 41.1. The number of likely N-dealkylation sites (tertiary alicyclic amines) is 1. The van der Waals surface area contributed by atoms with Gasteiger partial charge < -0.3 is 20.4 Å². The highest BCUT2D eigenvalue weighted by atomic mass is 19.3. The molecule has 3 fully saturated rings. The Balaban J connectivity index is 1.95. The Labute approximate surface area is 115 Å². The van der Waals surface area contributed by atoms with E-state index in [1.54, 1.807) is 0 Å². The summed E-state index contributed by atoms with van der Waals surface area (Å²) in [6.45, 7) is 2.44. The van der Waals surface area contributed by atoms with Crippen molar-refractivity contribution in [3.05, 3.63) is 0 Å². The number of hydrogen-bond acceptors (Lipinski definition) is 5. The topological polar surface area (TPSA) is 84.2 Å². The van der Waals surface area contributed by atoms with Gasteiger partial charge in [0.25, 0.3) is 5.92 Å². The lowest BCUT2D eigenvalue weighted by Gasteiger charge is -2.48. The van der Waals surface area contributed by atoms with Crippen LogP contribution in [0.3, 0.4) is 0 Å². The molecular formula is C13H21F2NO4. The summed E-state index contributed by atoms with van der Waals surface area (Å²) in [5, 5.41) is 40.6. The van der Waals surface area contributed by atoms with Crippen LogP contribution < -0.4 is 0 Å². The summed E-state index contributed by atoms with van der Waals surface area (Å²) in [7, 11) is 0. The van der Waals surface area contributed by atoms with Crippen LogP contribution in [0.1, 0.15) is 39.5 Å². The van der Waals surface area contributed by atoms with E-state index in [0.717, 1.165) is 4.90 Å². The van der Waals surface area contributed by atoms with E-state index in [4.69, 9.17) is 0 Å². The minimum atomic E-state index is -2.79. The smallest absolute Gasteiger partial charge is 0.252 e. The van der Waals surface area contributed by atoms with E-state index in [2.05, 4.69) is 0 Å². The van der Waals surface area contributed by atoms with Gasteiger partial charge in [-0.15, -0.1) is 0 Å². The SMILES string of the molecule is CC(O)(O)[C@]1(C)N(CC2CC2(F)F)C(O)(O)CC12CC2. The van der Waals surface area contributed by atoms with E-state index in [1.165, 1.54) is 13.8 Å². The predicted octanol–water partition coefficient (Wildman–Crippen LogP) is 0.225. The number of hydrogen-bond donors (Lipinski definition) is 4. The maximum absolute atomic E-state index is 13.1. The van der Waals surface area contributed by atoms with Crippen LogP contribution in [0.5, 0.6) is 0 Å². The van der Waals surface area contributed by atoms with Crippen LogP contribution in [0.25, 0.3) is 0 Å². The number of aliphatic hydroxyl groups is 4. The third-order valence-electron chi connectivity index (χ3n) is 5.71. The first kappa shape index (κ1) is 14.6. The van der Waals surface area contributed by atoms with Gasteiger partial charge in [0.2, 0.25) is 5.91 Å². The van der Waals surface area contributed by atoms with Crippen LogP contribution in [0.15, 0.2) is 0 Å². The van der Waals surface area contributed by atoms with Crippen molar-refractivity contribution in [1.82, 2.24) is 4.90 Å². The predicted molar refractivity (Wildman–Crippen MR) is 64.5 cm³/mol. The van der Waals surface area contributed by atoms with Crippen molar-refractivity contribution in [2.24, 2.45) is 11.3 Å². The lowest BCUT2D eigenvalue weighted by Crippen LogP contribution is -2.66. The first-order valence-electron chi connectivity index (χ1n) is 6.91. The Bertz CT molecular complexity index is 444. The van der Waals surface area contributed by atoms with E-state index in [0.29, 0.717) is 12.8 Å². The third-order valence-corrected chi connectivity index (χ3v) is 5.71. The van der Waals surface area contributed by atoms with Crippen LogP contribution in [0.2, 0.25) is 0 Å². The van der Waals surface area contributed by atoms with Gasteiger partial charge >= 0.3 is 0 Å². The lowest BCUT2D eigenvalue weighted by atomic mass is 9.76. The Hall–Kier alpha value is -0.340. The van der Waals surface area contributed by atoms with Gasteiger partial charge in [-0.25, -0.2) is 13.7 Å². The van der Waals surface area contributed by atoms with Gasteiger partial charge in [-0.2, -0.15) is 0 Å². The van der Waals surface area contributed by atoms with Gasteiger partial charge in [0.15, 0.2) is 5.79 Å². The second-order valence-electron chi connectivity index (χ2n) is 7.10. The summed E-state index contributed by atoms with van der Waals surface area (Å²) in [4.78, 5) is 1.07. The molecule has 0 amide bonds. The molecule has 4 N–H and O–H groups in total. The molecule has 0 aromatic rings. The summed E-state index contributed by atoms with van der Waals surface area (Å²) in [6, 6.07) is 0. The van der Waals surface area contributed by atoms with Gasteiger partial charge in [0.1, 0.15) is 0 Å². The highest BCUT2D eigenvalue weighted by Gasteiger charge is 2.77. The Kier molecular flexibility index (Phi) is 2.57. The third kappa shape index (κ3) is 1.70. The fraction of sp³-hybridized carbons (Fsp3) is 1.00. The maximum atomic E-state index is 13.1. The molecule has 20 heavy (non-hydrogen) atoms. The molecule has 1 unspecified atom stereocenters. The van der Waals surface area contributed by atoms with Gasteiger partial charge in [0, 0.05) is 30.7 Å². The van der Waals surface area contributed by atoms with Gasteiger partial charge in [-0.05, 0) is 26.7 Å². The van der Waals surface area contributed by atoms with Crippen molar-refractivity contribution in [3.63, 3.8) is 0 Å². The molecule has 0 bridgehead atoms. The van der Waals surface area contributed by atoms with Crippen LogP contribution in [-0.2, 0) is 0 Å². The molecule has 2 aliphatic carbocycles. The molecule has 2 atom stereocenters. The average molecular weight is 293 g/mol. The Morgan fingerprint density at radius 1 is 1.25 bits per heavy atom. The van der Waals surface area contributed by atoms with Crippen molar-refractivity contribution in [2.45, 2.75) is 62.7 Å². The van der Waals surface area contributed by atoms with E-state index in [-0.39, 0.29) is 19.4 Å². The molecule has 3 aliphatic rings. The van der Waals surface area contributed by atoms with Gasteiger partial charge in [-0.3, -0.25) is 0 Å². The van der Waals surface area contributed by atoms with Crippen molar-refractivity contribution in [3.8, 4) is 0 Å². The zero-order valence-corrected chi connectivity index (χ0v) is 11.6. The highest BCUT2D eigenvalue weighted by Crippen LogP contribution is 2.69. The molecule has 0 aromatic heterocycles. The minimum absolute atomic E-state index is 0.0501. The monoisotopic (exact) mass is 293 g/mol. The molecule has 5 nitrogen and oxygen atoms in total. The van der Waals surface area contributed by atoms with Crippen molar-refractivity contribution in [2.75, 3.05) is 6.54 Å². The quantitative estimate of drug-likeness (QED) is 0.560. The second-order valence-corrected chi connectivity index (χ2v) is 7.10. The summed E-state index contributed by atoms with van der Waals surface area (Å²) < 4.78 is 26.3. The number of rotatable bonds is 3. The highest BCUT2D eigenvalue weighted by molar-refractivity contribution is 5.23. The zero-order valence-electron chi connectivity index (χ0n) is 11.6. The summed E-state index contributed by atoms with van der Waals surface area (Å²) in [6.07, 6.45) is 0.906. The molecule has 7 heteroatoms. The van der Waals surface area contributed by atoms with Crippen molar-refractivity contribution < 1.29 is 29.2 Å². The maximum Gasteiger partial charge on any atom is 0.252 e. The van der Waals surface area contributed by atoms with Gasteiger partial charge in [-0.1, -0.05) is 0 Å². The van der Waals surface area contributed by atoms with Crippen LogP contribution in [0.4, 0.5) is 8.78 Å². The van der Waals surface area contributed by atoms with Crippen molar-refractivity contribution >= 4 is 0 Å². The van der Waals surface area contributed by atoms with E-state index >= 15 is 0 Å². The largest absolute Gasteiger partial charge is 0.364 e. The Morgan fingerprint density at radius 2 is 1.75 bits per heavy atom. The van der Waals surface area contributed by atoms with Gasteiger partial charge in [0.05, 0.1) is 5.54 Å².